The van der Waals surface area contributed by atoms with Gasteiger partial charge in [0.25, 0.3) is 0 Å². The molecule has 0 aliphatic heterocycles. The zero-order chi connectivity index (χ0) is 12.0. The zero-order valence-electron chi connectivity index (χ0n) is 9.11. The van der Waals surface area contributed by atoms with Crippen LogP contribution >= 0.6 is 15.9 Å². The van der Waals surface area contributed by atoms with Crippen molar-refractivity contribution in [1.82, 2.24) is 0 Å². The van der Waals surface area contributed by atoms with Crippen LogP contribution in [0, 0.1) is 0 Å². The smallest absolute Gasteiger partial charge is 0.314 e. The fourth-order valence-corrected chi connectivity index (χ4v) is 2.88. The van der Waals surface area contributed by atoms with E-state index < -0.39 is 11.4 Å². The molecule has 0 amide bonds. The lowest BCUT2D eigenvalue weighted by Gasteiger charge is -2.14. The van der Waals surface area contributed by atoms with Crippen LogP contribution in [-0.2, 0) is 10.2 Å². The van der Waals surface area contributed by atoms with E-state index in [1.807, 2.05) is 36.4 Å². The molecule has 1 aliphatic carbocycles. The second-order valence-electron chi connectivity index (χ2n) is 4.53. The van der Waals surface area contributed by atoms with Gasteiger partial charge in [-0.3, -0.25) is 4.79 Å². The third-order valence-corrected chi connectivity index (χ3v) is 4.24. The summed E-state index contributed by atoms with van der Waals surface area (Å²) in [4.78, 5) is 11.4. The monoisotopic (exact) mass is 290 g/mol. The van der Waals surface area contributed by atoms with Crippen molar-refractivity contribution in [2.24, 2.45) is 0 Å². The Hall–Kier alpha value is -1.35. The number of carboxylic acid groups (broad SMARTS) is 1. The Kier molecular flexibility index (Phi) is 2.26. The van der Waals surface area contributed by atoms with Crippen LogP contribution in [0.2, 0.25) is 0 Å². The maximum absolute atomic E-state index is 11.4. The predicted octanol–water partition coefficient (Wildman–Crippen LogP) is 3.72. The average molecular weight is 291 g/mol. The first-order chi connectivity index (χ1) is 8.15. The topological polar surface area (TPSA) is 37.3 Å². The van der Waals surface area contributed by atoms with Crippen molar-refractivity contribution < 1.29 is 9.90 Å². The van der Waals surface area contributed by atoms with Crippen molar-refractivity contribution in [2.75, 3.05) is 0 Å². The van der Waals surface area contributed by atoms with E-state index in [1.54, 1.807) is 0 Å². The van der Waals surface area contributed by atoms with Crippen molar-refractivity contribution in [1.29, 1.82) is 0 Å². The summed E-state index contributed by atoms with van der Waals surface area (Å²) in [6.45, 7) is 0. The van der Waals surface area contributed by atoms with E-state index in [9.17, 15) is 9.90 Å². The molecule has 1 aliphatic rings. The number of rotatable bonds is 2. The summed E-state index contributed by atoms with van der Waals surface area (Å²) in [5.74, 6) is -0.704. The van der Waals surface area contributed by atoms with E-state index in [2.05, 4.69) is 15.9 Å². The first-order valence-electron chi connectivity index (χ1n) is 5.56. The Morgan fingerprint density at radius 2 is 1.76 bits per heavy atom. The molecule has 3 heteroatoms. The van der Waals surface area contributed by atoms with Crippen LogP contribution in [-0.4, -0.2) is 11.1 Å². The van der Waals surface area contributed by atoms with Crippen molar-refractivity contribution in [2.45, 2.75) is 18.3 Å². The van der Waals surface area contributed by atoms with Gasteiger partial charge < -0.3 is 5.11 Å². The summed E-state index contributed by atoms with van der Waals surface area (Å²) in [5, 5.41) is 11.5. The van der Waals surface area contributed by atoms with Crippen molar-refractivity contribution in [3.8, 4) is 0 Å². The second-order valence-corrected chi connectivity index (χ2v) is 5.38. The van der Waals surface area contributed by atoms with Gasteiger partial charge in [0, 0.05) is 4.47 Å². The Morgan fingerprint density at radius 3 is 2.35 bits per heavy atom. The molecule has 2 nitrogen and oxygen atoms in total. The van der Waals surface area contributed by atoms with Gasteiger partial charge in [0.1, 0.15) is 0 Å². The summed E-state index contributed by atoms with van der Waals surface area (Å²) in [5.41, 5.74) is 0.309. The molecule has 86 valence electrons. The lowest BCUT2D eigenvalue weighted by Crippen LogP contribution is -2.19. The number of halogens is 1. The first-order valence-corrected chi connectivity index (χ1v) is 6.35. The van der Waals surface area contributed by atoms with Crippen LogP contribution in [0.25, 0.3) is 10.8 Å². The number of fused-ring (bicyclic) bond motifs is 1. The van der Waals surface area contributed by atoms with E-state index in [1.165, 1.54) is 0 Å². The van der Waals surface area contributed by atoms with Crippen LogP contribution in [0.1, 0.15) is 18.4 Å². The van der Waals surface area contributed by atoms with Crippen LogP contribution in [0.4, 0.5) is 0 Å². The minimum Gasteiger partial charge on any atom is -0.481 e. The maximum atomic E-state index is 11.4. The zero-order valence-corrected chi connectivity index (χ0v) is 10.7. The van der Waals surface area contributed by atoms with Crippen molar-refractivity contribution in [3.63, 3.8) is 0 Å². The molecule has 2 aromatic carbocycles. The number of carboxylic acids is 1. The SMILES string of the molecule is O=C(O)C1(c2ccc(Br)c3ccccc23)CC1. The van der Waals surface area contributed by atoms with Gasteiger partial charge in [0.2, 0.25) is 0 Å². The van der Waals surface area contributed by atoms with E-state index in [-0.39, 0.29) is 0 Å². The molecule has 1 saturated carbocycles. The molecular weight excluding hydrogens is 280 g/mol. The molecule has 17 heavy (non-hydrogen) atoms. The van der Waals surface area contributed by atoms with Crippen molar-refractivity contribution in [3.05, 3.63) is 46.4 Å². The van der Waals surface area contributed by atoms with Crippen LogP contribution in [0.3, 0.4) is 0 Å². The molecule has 0 atom stereocenters. The van der Waals surface area contributed by atoms with Crippen LogP contribution in [0.15, 0.2) is 40.9 Å². The molecule has 3 rings (SSSR count). The van der Waals surface area contributed by atoms with Gasteiger partial charge >= 0.3 is 5.97 Å². The molecule has 0 radical (unpaired) electrons. The van der Waals surface area contributed by atoms with Gasteiger partial charge in [0.15, 0.2) is 0 Å². The average Bonchev–Trinajstić information content (AvgIpc) is 3.11. The Bertz CT molecular complexity index is 615. The molecule has 0 spiro atoms. The van der Waals surface area contributed by atoms with Crippen LogP contribution in [0.5, 0.6) is 0 Å². The number of benzene rings is 2. The van der Waals surface area contributed by atoms with E-state index in [4.69, 9.17) is 0 Å². The van der Waals surface area contributed by atoms with Gasteiger partial charge in [-0.25, -0.2) is 0 Å². The molecular formula is C14H11BrO2. The maximum Gasteiger partial charge on any atom is 0.314 e. The highest BCUT2D eigenvalue weighted by molar-refractivity contribution is 9.10. The summed E-state index contributed by atoms with van der Waals surface area (Å²) < 4.78 is 1.01. The fraction of sp³-hybridized carbons (Fsp3) is 0.214. The third kappa shape index (κ3) is 1.49. The molecule has 1 N–H and O–H groups in total. The highest BCUT2D eigenvalue weighted by Crippen LogP contribution is 2.51. The number of aliphatic carboxylic acids is 1. The Balaban J connectivity index is 2.32. The molecule has 0 unspecified atom stereocenters. The second kappa shape index (κ2) is 3.57. The first kappa shape index (κ1) is 10.8. The normalized spacial score (nSPS) is 17.0. The molecule has 0 heterocycles. The number of carbonyl (C=O) groups is 1. The molecule has 2 aromatic rings. The molecule has 0 bridgehead atoms. The van der Waals surface area contributed by atoms with Gasteiger partial charge in [-0.1, -0.05) is 46.3 Å². The highest BCUT2D eigenvalue weighted by atomic mass is 79.9. The summed E-state index contributed by atoms with van der Waals surface area (Å²) in [6, 6.07) is 11.8. The highest BCUT2D eigenvalue weighted by Gasteiger charge is 2.52. The largest absolute Gasteiger partial charge is 0.481 e. The minimum atomic E-state index is -0.704. The summed E-state index contributed by atoms with van der Waals surface area (Å²) >= 11 is 3.51. The van der Waals surface area contributed by atoms with E-state index in [0.29, 0.717) is 0 Å². The Morgan fingerprint density at radius 1 is 1.12 bits per heavy atom. The third-order valence-electron chi connectivity index (χ3n) is 3.55. The van der Waals surface area contributed by atoms with Gasteiger partial charge in [-0.15, -0.1) is 0 Å². The molecule has 0 aromatic heterocycles. The lowest BCUT2D eigenvalue weighted by molar-refractivity contribution is -0.139. The quantitative estimate of drug-likeness (QED) is 0.915. The molecule has 0 saturated heterocycles. The summed E-state index contributed by atoms with van der Waals surface area (Å²) in [7, 11) is 0. The van der Waals surface area contributed by atoms with Gasteiger partial charge in [0.05, 0.1) is 5.41 Å². The fourth-order valence-electron chi connectivity index (χ4n) is 2.40. The van der Waals surface area contributed by atoms with Gasteiger partial charge in [-0.05, 0) is 35.2 Å². The van der Waals surface area contributed by atoms with Crippen molar-refractivity contribution >= 4 is 32.7 Å². The standard InChI is InChI=1S/C14H11BrO2/c15-12-6-5-11(14(7-8-14)13(16)17)9-3-1-2-4-10(9)12/h1-6H,7-8H2,(H,16,17). The van der Waals surface area contributed by atoms with Gasteiger partial charge in [-0.2, -0.15) is 0 Å². The van der Waals surface area contributed by atoms with E-state index in [0.717, 1.165) is 33.7 Å². The van der Waals surface area contributed by atoms with E-state index >= 15 is 0 Å². The number of hydrogen-bond acceptors (Lipinski definition) is 1. The molecule has 1 fully saturated rings. The predicted molar refractivity (Wildman–Crippen MR) is 70.2 cm³/mol. The van der Waals surface area contributed by atoms with Crippen LogP contribution < -0.4 is 0 Å². The lowest BCUT2D eigenvalue weighted by atomic mass is 9.91. The number of hydrogen-bond donors (Lipinski definition) is 1. The minimum absolute atomic E-state index is 0.639. The summed E-state index contributed by atoms with van der Waals surface area (Å²) in [6.07, 6.45) is 1.49. The Labute approximate surface area is 107 Å².